The fraction of sp³-hybridized carbons (Fsp3) is 0.588. The number of nitrogens with zero attached hydrogens (tertiary/aromatic N) is 1. The van der Waals surface area contributed by atoms with Gasteiger partial charge in [-0.2, -0.15) is 0 Å². The molecular weight excluding hydrogens is 901 g/mol. The van der Waals surface area contributed by atoms with Crippen molar-refractivity contribution in [1.29, 1.82) is 0 Å². The van der Waals surface area contributed by atoms with Crippen molar-refractivity contribution in [3.63, 3.8) is 0 Å². The van der Waals surface area contributed by atoms with Crippen molar-refractivity contribution < 1.29 is 52.6 Å². The summed E-state index contributed by atoms with van der Waals surface area (Å²) in [6, 6.07) is 10.6. The molecule has 19 nitrogen and oxygen atoms in total. The molecule has 70 heavy (non-hydrogen) atoms. The molecule has 2 aromatic rings. The van der Waals surface area contributed by atoms with Crippen LogP contribution in [0, 0.1) is 11.8 Å². The molecule has 0 radical (unpaired) electrons. The van der Waals surface area contributed by atoms with E-state index in [1.807, 2.05) is 19.9 Å². The lowest BCUT2D eigenvalue weighted by molar-refractivity contribution is -0.145. The Morgan fingerprint density at radius 1 is 0.714 bits per heavy atom. The van der Waals surface area contributed by atoms with Crippen LogP contribution in [-0.4, -0.2) is 121 Å². The van der Waals surface area contributed by atoms with E-state index >= 15 is 0 Å². The van der Waals surface area contributed by atoms with Gasteiger partial charge in [0, 0.05) is 25.4 Å². The highest BCUT2D eigenvalue weighted by molar-refractivity contribution is 5.97. The number of methoxy groups -OCH3 is 1. The zero-order valence-corrected chi connectivity index (χ0v) is 41.5. The van der Waals surface area contributed by atoms with Gasteiger partial charge in [0.2, 0.25) is 41.4 Å². The fourth-order valence-corrected chi connectivity index (χ4v) is 8.41. The molecule has 6 atom stereocenters. The number of hydrogen-bond donors (Lipinski definition) is 7. The molecule has 5 unspecified atom stereocenters. The normalized spacial score (nSPS) is 21.1. The molecular formula is C51H74N8O11. The van der Waals surface area contributed by atoms with Crippen molar-refractivity contribution >= 4 is 53.4 Å². The summed E-state index contributed by atoms with van der Waals surface area (Å²) in [5, 5.41) is 19.3. The Bertz CT molecular complexity index is 2070. The fourth-order valence-electron chi connectivity index (χ4n) is 8.41. The highest BCUT2D eigenvalue weighted by atomic mass is 16.5. The summed E-state index contributed by atoms with van der Waals surface area (Å²) in [7, 11) is 1.16. The second-order valence-corrected chi connectivity index (χ2v) is 19.0. The molecule has 4 rings (SSSR count). The van der Waals surface area contributed by atoms with E-state index in [9.17, 15) is 43.2 Å². The lowest BCUT2D eigenvalue weighted by Crippen LogP contribution is -2.61. The van der Waals surface area contributed by atoms with Crippen LogP contribution in [0.5, 0.6) is 0 Å². The van der Waals surface area contributed by atoms with Gasteiger partial charge in [-0.3, -0.25) is 33.6 Å². The summed E-state index contributed by atoms with van der Waals surface area (Å²) in [4.78, 5) is 125. The molecule has 0 aromatic heterocycles. The minimum absolute atomic E-state index is 0.00720. The molecule has 2 aromatic carbocycles. The van der Waals surface area contributed by atoms with Gasteiger partial charge in [0.05, 0.1) is 13.7 Å². The summed E-state index contributed by atoms with van der Waals surface area (Å²) in [5.41, 5.74) is 1.43. The van der Waals surface area contributed by atoms with Crippen LogP contribution in [0.4, 0.5) is 4.79 Å². The summed E-state index contributed by atoms with van der Waals surface area (Å²) in [6.45, 7) is 8.25. The van der Waals surface area contributed by atoms with Gasteiger partial charge >= 0.3 is 12.1 Å². The zero-order chi connectivity index (χ0) is 51.2. The molecule has 0 bridgehead atoms. The first-order valence-electron chi connectivity index (χ1n) is 24.6. The van der Waals surface area contributed by atoms with Crippen molar-refractivity contribution in [2.45, 2.75) is 161 Å². The Balaban J connectivity index is 1.68. The van der Waals surface area contributed by atoms with E-state index in [0.29, 0.717) is 5.56 Å². The lowest BCUT2D eigenvalue weighted by Gasteiger charge is -2.30. The maximum absolute atomic E-state index is 14.5. The van der Waals surface area contributed by atoms with Crippen LogP contribution < -0.4 is 37.2 Å². The van der Waals surface area contributed by atoms with Crippen molar-refractivity contribution in [3.8, 4) is 0 Å². The van der Waals surface area contributed by atoms with Gasteiger partial charge in [-0.05, 0) is 74.8 Å². The number of esters is 1. The molecule has 0 spiro atoms. The third-order valence-corrected chi connectivity index (χ3v) is 12.3. The van der Waals surface area contributed by atoms with Crippen LogP contribution >= 0.6 is 0 Å². The molecule has 19 heteroatoms. The zero-order valence-electron chi connectivity index (χ0n) is 41.5. The van der Waals surface area contributed by atoms with E-state index < -0.39 is 89.7 Å². The van der Waals surface area contributed by atoms with Crippen LogP contribution in [0.2, 0.25) is 0 Å². The average molecular weight is 975 g/mol. The van der Waals surface area contributed by atoms with Crippen LogP contribution in [0.1, 0.15) is 116 Å². The number of nitrogens with one attached hydrogen (secondary N) is 7. The minimum atomic E-state index is -1.36. The lowest BCUT2D eigenvalue weighted by atomic mass is 9.95. The average Bonchev–Trinajstić information content (AvgIpc) is 3.33. The largest absolute Gasteiger partial charge is 0.467 e. The van der Waals surface area contributed by atoms with Crippen LogP contribution in [0.25, 0.3) is 0 Å². The van der Waals surface area contributed by atoms with Gasteiger partial charge < -0.3 is 51.6 Å². The number of amides is 8. The van der Waals surface area contributed by atoms with Crippen molar-refractivity contribution in [2.75, 3.05) is 20.2 Å². The van der Waals surface area contributed by atoms with Crippen LogP contribution in [-0.2, 0) is 60.9 Å². The molecule has 1 saturated carbocycles. The third kappa shape index (κ3) is 19.1. The number of alkyl carbamates (subject to hydrolysis) is 1. The van der Waals surface area contributed by atoms with Crippen LogP contribution in [0.3, 0.4) is 0 Å². The molecule has 2 fully saturated rings. The first kappa shape index (κ1) is 56.1. The monoisotopic (exact) mass is 975 g/mol. The summed E-state index contributed by atoms with van der Waals surface area (Å²) in [6.07, 6.45) is 4.06. The number of rotatable bonds is 16. The predicted molar refractivity (Wildman–Crippen MR) is 260 cm³/mol. The SMILES string of the molecule is COC(=O)C(C)NC(=O)C1CCC(=O)N(CC(=O)NC2CCCCC2)CCCCC(NC(=O)C(CC(C)C)NC(=O)OCc2ccccc2)C(=O)N[C@@H](Cc2ccccc2)C(=O)NC(C(C)C)C(=O)N1. The maximum atomic E-state index is 14.5. The van der Waals surface area contributed by atoms with E-state index in [-0.39, 0.29) is 82.5 Å². The van der Waals surface area contributed by atoms with E-state index in [2.05, 4.69) is 37.2 Å². The van der Waals surface area contributed by atoms with E-state index in [4.69, 9.17) is 9.47 Å². The Hall–Kier alpha value is -6.53. The quantitative estimate of drug-likeness (QED) is 0.120. The topological polar surface area (TPSA) is 260 Å². The Labute approximate surface area is 411 Å². The number of ether oxygens (including phenoxy) is 2. The molecule has 7 N–H and O–H groups in total. The van der Waals surface area contributed by atoms with Crippen molar-refractivity contribution in [1.82, 2.24) is 42.1 Å². The molecule has 2 aliphatic rings. The van der Waals surface area contributed by atoms with Crippen molar-refractivity contribution in [3.05, 3.63) is 71.8 Å². The number of hydrogen-bond acceptors (Lipinski definition) is 11. The van der Waals surface area contributed by atoms with Gasteiger partial charge in [-0.1, -0.05) is 108 Å². The Kier molecular flexibility index (Phi) is 23.1. The first-order valence-corrected chi connectivity index (χ1v) is 24.6. The standard InChI is InChI=1S/C51H74N8O11/c1-32(2)28-40(57-51(68)70-31-36-20-12-8-13-21-36)47(64)54-38-24-16-17-27-59(30-42(60)53-37-22-14-9-15-23-37)43(61)26-25-39(45(62)52-34(5)50(67)69-6)55-49(66)44(33(3)4)58-48(65)41(56-46(38)63)29-35-18-10-7-11-19-35/h7-8,10-13,18-21,32-34,37-41,44H,9,14-17,22-31H2,1-6H3,(H,52,62)(H,53,60)(H,54,64)(H,55,66)(H,56,63)(H,57,68)(H,58,65)/t34?,38?,39?,40?,41-,44?/m0/s1. The second kappa shape index (κ2) is 28.8. The van der Waals surface area contributed by atoms with Gasteiger partial charge in [-0.15, -0.1) is 0 Å². The minimum Gasteiger partial charge on any atom is -0.467 e. The first-order chi connectivity index (χ1) is 33.4. The number of carbonyl (C=O) groups is 9. The molecule has 1 saturated heterocycles. The van der Waals surface area contributed by atoms with Gasteiger partial charge in [0.25, 0.3) is 0 Å². The van der Waals surface area contributed by atoms with Gasteiger partial charge in [0.1, 0.15) is 42.9 Å². The third-order valence-electron chi connectivity index (χ3n) is 12.3. The summed E-state index contributed by atoms with van der Waals surface area (Å²) < 4.78 is 10.2. The van der Waals surface area contributed by atoms with Crippen LogP contribution in [0.15, 0.2) is 60.7 Å². The van der Waals surface area contributed by atoms with E-state index in [1.54, 1.807) is 68.4 Å². The number of carbonyl (C=O) groups excluding carboxylic acids is 9. The van der Waals surface area contributed by atoms with Gasteiger partial charge in [-0.25, -0.2) is 9.59 Å². The maximum Gasteiger partial charge on any atom is 0.408 e. The molecule has 1 heterocycles. The predicted octanol–water partition coefficient (Wildman–Crippen LogP) is 3.08. The van der Waals surface area contributed by atoms with Gasteiger partial charge in [0.15, 0.2) is 0 Å². The second-order valence-electron chi connectivity index (χ2n) is 19.0. The molecule has 384 valence electrons. The Morgan fingerprint density at radius 3 is 1.99 bits per heavy atom. The number of benzene rings is 2. The van der Waals surface area contributed by atoms with E-state index in [0.717, 1.165) is 44.8 Å². The molecule has 1 aliphatic heterocycles. The highest BCUT2D eigenvalue weighted by Gasteiger charge is 2.35. The summed E-state index contributed by atoms with van der Waals surface area (Å²) >= 11 is 0. The molecule has 8 amide bonds. The van der Waals surface area contributed by atoms with E-state index in [1.165, 1.54) is 11.8 Å². The molecule has 1 aliphatic carbocycles. The summed E-state index contributed by atoms with van der Waals surface area (Å²) in [5.74, 6) is -5.87. The highest BCUT2D eigenvalue weighted by Crippen LogP contribution is 2.18. The smallest absolute Gasteiger partial charge is 0.408 e. The Morgan fingerprint density at radius 2 is 1.36 bits per heavy atom. The van der Waals surface area contributed by atoms with Crippen molar-refractivity contribution in [2.24, 2.45) is 11.8 Å².